The van der Waals surface area contributed by atoms with E-state index in [1.807, 2.05) is 78.9 Å². The zero-order valence-corrected chi connectivity index (χ0v) is 17.5. The second kappa shape index (κ2) is 8.08. The van der Waals surface area contributed by atoms with Crippen molar-refractivity contribution in [2.24, 2.45) is 0 Å². The lowest BCUT2D eigenvalue weighted by Gasteiger charge is -2.18. The van der Waals surface area contributed by atoms with Gasteiger partial charge in [-0.1, -0.05) is 54.6 Å². The largest absolute Gasteiger partial charge is 0.507 e. The first-order valence-corrected chi connectivity index (χ1v) is 10.3. The Morgan fingerprint density at radius 1 is 0.750 bits per heavy atom. The lowest BCUT2D eigenvalue weighted by molar-refractivity contribution is 0.102. The van der Waals surface area contributed by atoms with Gasteiger partial charge in [-0.05, 0) is 64.0 Å². The number of anilines is 1. The quantitative estimate of drug-likeness (QED) is 0.344. The van der Waals surface area contributed by atoms with Crippen LogP contribution in [-0.4, -0.2) is 18.1 Å². The molecular weight excluding hydrogens is 398 g/mol. The molecule has 0 atom stereocenters. The molecular formula is C28H21NO3. The molecule has 0 saturated heterocycles. The van der Waals surface area contributed by atoms with Gasteiger partial charge in [-0.2, -0.15) is 0 Å². The van der Waals surface area contributed by atoms with Gasteiger partial charge < -0.3 is 15.2 Å². The lowest BCUT2D eigenvalue weighted by atomic mass is 9.91. The molecule has 32 heavy (non-hydrogen) atoms. The molecule has 0 radical (unpaired) electrons. The molecule has 0 unspecified atom stereocenters. The summed E-state index contributed by atoms with van der Waals surface area (Å²) in [6.07, 6.45) is 0. The van der Waals surface area contributed by atoms with E-state index in [1.165, 1.54) is 0 Å². The number of hydrogen-bond acceptors (Lipinski definition) is 3. The van der Waals surface area contributed by atoms with Crippen molar-refractivity contribution in [1.82, 2.24) is 0 Å². The van der Waals surface area contributed by atoms with Crippen molar-refractivity contribution < 1.29 is 14.6 Å². The van der Waals surface area contributed by atoms with E-state index >= 15 is 0 Å². The van der Waals surface area contributed by atoms with E-state index in [2.05, 4.69) is 5.32 Å². The average Bonchev–Trinajstić information content (AvgIpc) is 2.84. The number of fused-ring (bicyclic) bond motifs is 2. The first-order chi connectivity index (χ1) is 15.7. The highest BCUT2D eigenvalue weighted by Crippen LogP contribution is 2.44. The Kier molecular flexibility index (Phi) is 4.96. The maximum absolute atomic E-state index is 13.0. The highest BCUT2D eigenvalue weighted by atomic mass is 16.5. The summed E-state index contributed by atoms with van der Waals surface area (Å²) < 4.78 is 5.37. The number of phenols is 1. The Morgan fingerprint density at radius 2 is 1.47 bits per heavy atom. The van der Waals surface area contributed by atoms with Crippen molar-refractivity contribution >= 4 is 33.1 Å². The third-order valence-electron chi connectivity index (χ3n) is 5.67. The number of nitrogens with one attached hydrogen (secondary N) is 1. The zero-order chi connectivity index (χ0) is 22.1. The summed E-state index contributed by atoms with van der Waals surface area (Å²) in [5, 5.41) is 17.8. The van der Waals surface area contributed by atoms with Gasteiger partial charge in [0.25, 0.3) is 5.91 Å². The summed E-state index contributed by atoms with van der Waals surface area (Å²) in [7, 11) is 1.63. The molecule has 0 aromatic heterocycles. The van der Waals surface area contributed by atoms with E-state index < -0.39 is 0 Å². The molecule has 5 rings (SSSR count). The fourth-order valence-electron chi connectivity index (χ4n) is 4.12. The lowest BCUT2D eigenvalue weighted by Crippen LogP contribution is -2.12. The number of methoxy groups -OCH3 is 1. The molecule has 0 bridgehead atoms. The van der Waals surface area contributed by atoms with Crippen LogP contribution in [0.1, 0.15) is 10.4 Å². The van der Waals surface area contributed by atoms with Gasteiger partial charge in [-0.3, -0.25) is 4.79 Å². The van der Waals surface area contributed by atoms with Crippen LogP contribution in [0.2, 0.25) is 0 Å². The summed E-state index contributed by atoms with van der Waals surface area (Å²) in [6, 6.07) is 30.2. The Morgan fingerprint density at radius 3 is 2.28 bits per heavy atom. The molecule has 5 aromatic carbocycles. The molecule has 0 spiro atoms. The van der Waals surface area contributed by atoms with Gasteiger partial charge in [0.05, 0.1) is 7.11 Å². The Bertz CT molecular complexity index is 1460. The number of benzene rings is 5. The second-order valence-corrected chi connectivity index (χ2v) is 7.58. The Hall–Kier alpha value is -4.31. The zero-order valence-electron chi connectivity index (χ0n) is 17.5. The van der Waals surface area contributed by atoms with Crippen LogP contribution < -0.4 is 10.1 Å². The number of hydrogen-bond donors (Lipinski definition) is 2. The fourth-order valence-corrected chi connectivity index (χ4v) is 4.12. The van der Waals surface area contributed by atoms with Crippen LogP contribution in [-0.2, 0) is 0 Å². The summed E-state index contributed by atoms with van der Waals surface area (Å²) in [4.78, 5) is 13.0. The predicted molar refractivity (Wildman–Crippen MR) is 130 cm³/mol. The number of rotatable bonds is 4. The topological polar surface area (TPSA) is 58.6 Å². The van der Waals surface area contributed by atoms with E-state index in [0.29, 0.717) is 16.8 Å². The highest BCUT2D eigenvalue weighted by Gasteiger charge is 2.19. The van der Waals surface area contributed by atoms with Crippen molar-refractivity contribution in [1.29, 1.82) is 0 Å². The van der Waals surface area contributed by atoms with E-state index in [-0.39, 0.29) is 11.7 Å². The van der Waals surface area contributed by atoms with Crippen LogP contribution in [0.15, 0.2) is 97.1 Å². The van der Waals surface area contributed by atoms with E-state index in [1.54, 1.807) is 25.3 Å². The molecule has 0 saturated carbocycles. The molecule has 1 amide bonds. The van der Waals surface area contributed by atoms with E-state index in [0.717, 1.165) is 32.9 Å². The monoisotopic (exact) mass is 419 g/mol. The molecule has 0 aliphatic carbocycles. The predicted octanol–water partition coefficient (Wildman–Crippen LogP) is 6.63. The molecule has 0 fully saturated rings. The third kappa shape index (κ3) is 3.42. The number of phenolic OH excluding ortho intramolecular Hbond substituents is 1. The second-order valence-electron chi connectivity index (χ2n) is 7.58. The van der Waals surface area contributed by atoms with Gasteiger partial charge in [0, 0.05) is 22.4 Å². The number of ether oxygens (including phenoxy) is 1. The number of carbonyl (C=O) groups excluding carboxylic acids is 1. The average molecular weight is 419 g/mol. The van der Waals surface area contributed by atoms with E-state index in [9.17, 15) is 9.90 Å². The molecule has 2 N–H and O–H groups in total. The third-order valence-corrected chi connectivity index (χ3v) is 5.67. The summed E-state index contributed by atoms with van der Waals surface area (Å²) in [6.45, 7) is 0. The standard InChI is InChI=1S/C28H21NO3/c1-32-21-13-14-23-20(17-21)12-16-25(30)27(23)26-22-10-6-5-7-18(22)11-15-24(26)29-28(31)19-8-3-2-4-9-19/h2-17,30H,1H3,(H,29,31). The van der Waals surface area contributed by atoms with Gasteiger partial charge >= 0.3 is 0 Å². The maximum Gasteiger partial charge on any atom is 0.255 e. The van der Waals surface area contributed by atoms with Gasteiger partial charge in [0.15, 0.2) is 0 Å². The van der Waals surface area contributed by atoms with Gasteiger partial charge in [-0.25, -0.2) is 0 Å². The molecule has 4 heteroatoms. The molecule has 0 aliphatic rings. The number of aromatic hydroxyl groups is 1. The molecule has 5 aromatic rings. The first kappa shape index (κ1) is 19.6. The molecule has 0 heterocycles. The van der Waals surface area contributed by atoms with Crippen LogP contribution >= 0.6 is 0 Å². The van der Waals surface area contributed by atoms with Gasteiger partial charge in [0.1, 0.15) is 11.5 Å². The molecule has 0 aliphatic heterocycles. The van der Waals surface area contributed by atoms with Crippen molar-refractivity contribution in [2.45, 2.75) is 0 Å². The van der Waals surface area contributed by atoms with E-state index in [4.69, 9.17) is 4.74 Å². The minimum Gasteiger partial charge on any atom is -0.507 e. The number of amides is 1. The highest BCUT2D eigenvalue weighted by molar-refractivity contribution is 6.15. The summed E-state index contributed by atoms with van der Waals surface area (Å²) in [5.41, 5.74) is 2.65. The smallest absolute Gasteiger partial charge is 0.255 e. The fraction of sp³-hybridized carbons (Fsp3) is 0.0357. The SMILES string of the molecule is COc1ccc2c(-c3c(NC(=O)c4ccccc4)ccc4ccccc34)c(O)ccc2c1. The van der Waals surface area contributed by atoms with Gasteiger partial charge in [0.2, 0.25) is 0 Å². The Labute approximate surface area is 185 Å². The maximum atomic E-state index is 13.0. The van der Waals surface area contributed by atoms with Gasteiger partial charge in [-0.15, -0.1) is 0 Å². The van der Waals surface area contributed by atoms with Crippen molar-refractivity contribution in [2.75, 3.05) is 12.4 Å². The van der Waals surface area contributed by atoms with Crippen LogP contribution in [0.5, 0.6) is 11.5 Å². The van der Waals surface area contributed by atoms with Crippen molar-refractivity contribution in [3.05, 3.63) is 103 Å². The molecule has 156 valence electrons. The normalized spacial score (nSPS) is 10.9. The minimum absolute atomic E-state index is 0.147. The molecule has 4 nitrogen and oxygen atoms in total. The van der Waals surface area contributed by atoms with Crippen molar-refractivity contribution in [3.63, 3.8) is 0 Å². The minimum atomic E-state index is -0.205. The van der Waals surface area contributed by atoms with Crippen molar-refractivity contribution in [3.8, 4) is 22.6 Å². The van der Waals surface area contributed by atoms with Crippen LogP contribution in [0.3, 0.4) is 0 Å². The summed E-state index contributed by atoms with van der Waals surface area (Å²) >= 11 is 0. The number of carbonyl (C=O) groups is 1. The van der Waals surface area contributed by atoms with Crippen LogP contribution in [0, 0.1) is 0 Å². The Balaban J connectivity index is 1.77. The summed E-state index contributed by atoms with van der Waals surface area (Å²) in [5.74, 6) is 0.683. The van der Waals surface area contributed by atoms with Crippen LogP contribution in [0.25, 0.3) is 32.7 Å². The first-order valence-electron chi connectivity index (χ1n) is 10.3. The van der Waals surface area contributed by atoms with Crippen LogP contribution in [0.4, 0.5) is 5.69 Å².